The Labute approximate surface area is 102 Å². The van der Waals surface area contributed by atoms with Gasteiger partial charge in [0.25, 0.3) is 0 Å². The minimum atomic E-state index is 0.254. The van der Waals surface area contributed by atoms with Crippen LogP contribution in [0, 0.1) is 0 Å². The van der Waals surface area contributed by atoms with E-state index < -0.39 is 0 Å². The summed E-state index contributed by atoms with van der Waals surface area (Å²) in [6.45, 7) is 6.60. The lowest BCUT2D eigenvalue weighted by molar-refractivity contribution is -0.735. The van der Waals surface area contributed by atoms with Crippen LogP contribution in [0.5, 0.6) is 0 Å². The van der Waals surface area contributed by atoms with Gasteiger partial charge in [0.15, 0.2) is 0 Å². The van der Waals surface area contributed by atoms with Gasteiger partial charge < -0.3 is 10.2 Å². The summed E-state index contributed by atoms with van der Waals surface area (Å²) in [6, 6.07) is 0. The van der Waals surface area contributed by atoms with Crippen molar-refractivity contribution in [2.45, 2.75) is 50.4 Å². The van der Waals surface area contributed by atoms with Gasteiger partial charge >= 0.3 is 0 Å². The van der Waals surface area contributed by atoms with E-state index in [-0.39, 0.29) is 5.54 Å². The SMILES string of the molecule is CCCCC[C@@]1(C)[NH2+]CCN2C(=O)CS[C@@H]21. The van der Waals surface area contributed by atoms with Gasteiger partial charge in [-0.25, -0.2) is 0 Å². The van der Waals surface area contributed by atoms with Crippen LogP contribution in [0.2, 0.25) is 0 Å². The Morgan fingerprint density at radius 2 is 2.38 bits per heavy atom. The van der Waals surface area contributed by atoms with E-state index in [1.54, 1.807) is 0 Å². The van der Waals surface area contributed by atoms with Crippen LogP contribution in [-0.2, 0) is 4.79 Å². The number of amides is 1. The molecule has 0 unspecified atom stereocenters. The Hall–Kier alpha value is -0.220. The fourth-order valence-electron chi connectivity index (χ4n) is 2.86. The van der Waals surface area contributed by atoms with E-state index in [0.29, 0.717) is 17.0 Å². The van der Waals surface area contributed by atoms with Gasteiger partial charge in [-0.1, -0.05) is 19.8 Å². The molecule has 0 bridgehead atoms. The number of carbonyl (C=O) groups excluding carboxylic acids is 1. The molecule has 92 valence electrons. The van der Waals surface area contributed by atoms with Crippen molar-refractivity contribution in [2.75, 3.05) is 18.8 Å². The second-order valence-electron chi connectivity index (χ2n) is 5.21. The number of rotatable bonds is 4. The largest absolute Gasteiger partial charge is 0.338 e. The summed E-state index contributed by atoms with van der Waals surface area (Å²) < 4.78 is 0. The van der Waals surface area contributed by atoms with Gasteiger partial charge in [-0.05, 0) is 13.3 Å². The molecule has 2 saturated heterocycles. The lowest BCUT2D eigenvalue weighted by Crippen LogP contribution is -3.02. The van der Waals surface area contributed by atoms with Crippen molar-refractivity contribution in [3.63, 3.8) is 0 Å². The van der Waals surface area contributed by atoms with E-state index in [4.69, 9.17) is 0 Å². The number of hydrogen-bond acceptors (Lipinski definition) is 2. The van der Waals surface area contributed by atoms with Gasteiger partial charge in [0.1, 0.15) is 10.9 Å². The van der Waals surface area contributed by atoms with Gasteiger partial charge in [-0.3, -0.25) is 4.79 Å². The molecule has 2 rings (SSSR count). The van der Waals surface area contributed by atoms with Crippen LogP contribution in [0.4, 0.5) is 0 Å². The smallest absolute Gasteiger partial charge is 0.233 e. The summed E-state index contributed by atoms with van der Waals surface area (Å²) in [5.41, 5.74) is 0.254. The number of thioether (sulfide) groups is 1. The minimum Gasteiger partial charge on any atom is -0.338 e. The fourth-order valence-corrected chi connectivity index (χ4v) is 4.32. The normalized spacial score (nSPS) is 34.2. The Bertz CT molecular complexity index is 272. The first-order valence-electron chi connectivity index (χ1n) is 6.43. The molecule has 16 heavy (non-hydrogen) atoms. The van der Waals surface area contributed by atoms with Gasteiger partial charge in [0.2, 0.25) is 5.91 Å². The van der Waals surface area contributed by atoms with Crippen LogP contribution in [0.3, 0.4) is 0 Å². The standard InChI is InChI=1S/C12H22N2OS/c1-3-4-5-6-12(2)11-14(8-7-13-12)10(15)9-16-11/h11,13H,3-9H2,1-2H3/p+1/t11-,12-/m1/s1. The predicted molar refractivity (Wildman–Crippen MR) is 67.3 cm³/mol. The third-order valence-corrected chi connectivity index (χ3v) is 5.35. The molecule has 3 nitrogen and oxygen atoms in total. The molecule has 2 fully saturated rings. The van der Waals surface area contributed by atoms with Gasteiger partial charge in [0, 0.05) is 6.42 Å². The topological polar surface area (TPSA) is 36.9 Å². The summed E-state index contributed by atoms with van der Waals surface area (Å²) >= 11 is 1.84. The zero-order valence-corrected chi connectivity index (χ0v) is 11.2. The maximum Gasteiger partial charge on any atom is 0.233 e. The number of nitrogens with zero attached hydrogens (tertiary/aromatic N) is 1. The highest BCUT2D eigenvalue weighted by Gasteiger charge is 2.49. The third kappa shape index (κ3) is 2.23. The molecule has 2 aliphatic rings. The third-order valence-electron chi connectivity index (χ3n) is 3.83. The van der Waals surface area contributed by atoms with Crippen LogP contribution in [0.1, 0.15) is 39.5 Å². The molecule has 0 saturated carbocycles. The average Bonchev–Trinajstić information content (AvgIpc) is 2.63. The Morgan fingerprint density at radius 1 is 1.56 bits per heavy atom. The first-order valence-corrected chi connectivity index (χ1v) is 7.48. The maximum absolute atomic E-state index is 11.7. The number of piperazine rings is 1. The van der Waals surface area contributed by atoms with E-state index in [2.05, 4.69) is 24.1 Å². The van der Waals surface area contributed by atoms with Crippen LogP contribution in [-0.4, -0.2) is 40.6 Å². The van der Waals surface area contributed by atoms with Crippen LogP contribution in [0.15, 0.2) is 0 Å². The number of unbranched alkanes of at least 4 members (excludes halogenated alkanes) is 2. The van der Waals surface area contributed by atoms with E-state index in [1.165, 1.54) is 25.7 Å². The zero-order valence-electron chi connectivity index (χ0n) is 10.4. The van der Waals surface area contributed by atoms with Crippen molar-refractivity contribution >= 4 is 17.7 Å². The lowest BCUT2D eigenvalue weighted by Gasteiger charge is -2.41. The summed E-state index contributed by atoms with van der Waals surface area (Å²) in [5, 5.41) is 2.89. The van der Waals surface area contributed by atoms with Crippen molar-refractivity contribution < 1.29 is 10.1 Å². The molecule has 0 aliphatic carbocycles. The van der Waals surface area contributed by atoms with Crippen molar-refractivity contribution in [3.05, 3.63) is 0 Å². The van der Waals surface area contributed by atoms with Crippen molar-refractivity contribution in [1.82, 2.24) is 4.90 Å². The van der Waals surface area contributed by atoms with E-state index in [1.807, 2.05) is 11.8 Å². The monoisotopic (exact) mass is 243 g/mol. The minimum absolute atomic E-state index is 0.254. The second kappa shape index (κ2) is 4.96. The highest BCUT2D eigenvalue weighted by Crippen LogP contribution is 2.34. The molecular weight excluding hydrogens is 220 g/mol. The molecular formula is C12H23N2OS+. The summed E-state index contributed by atoms with van der Waals surface area (Å²) in [4.78, 5) is 13.8. The van der Waals surface area contributed by atoms with Crippen molar-refractivity contribution in [2.24, 2.45) is 0 Å². The molecule has 0 aromatic heterocycles. The second-order valence-corrected chi connectivity index (χ2v) is 6.27. The van der Waals surface area contributed by atoms with Crippen LogP contribution < -0.4 is 5.32 Å². The van der Waals surface area contributed by atoms with E-state index in [9.17, 15) is 4.79 Å². The number of quaternary nitrogens is 1. The number of hydrogen-bond donors (Lipinski definition) is 1. The molecule has 2 N–H and O–H groups in total. The van der Waals surface area contributed by atoms with E-state index in [0.717, 1.165) is 13.1 Å². The summed E-state index contributed by atoms with van der Waals surface area (Å²) in [6.07, 6.45) is 5.12. The molecule has 2 heterocycles. The highest BCUT2D eigenvalue weighted by molar-refractivity contribution is 8.01. The Balaban J connectivity index is 1.99. The molecule has 0 radical (unpaired) electrons. The molecule has 2 atom stereocenters. The highest BCUT2D eigenvalue weighted by atomic mass is 32.2. The van der Waals surface area contributed by atoms with Crippen molar-refractivity contribution in [3.8, 4) is 0 Å². The van der Waals surface area contributed by atoms with Gasteiger partial charge in [-0.2, -0.15) is 0 Å². The van der Waals surface area contributed by atoms with Gasteiger partial charge in [0.05, 0.1) is 18.8 Å². The number of fused-ring (bicyclic) bond motifs is 1. The molecule has 0 aromatic carbocycles. The number of nitrogens with two attached hydrogens (primary N) is 1. The molecule has 4 heteroatoms. The molecule has 0 aromatic rings. The van der Waals surface area contributed by atoms with Crippen molar-refractivity contribution in [1.29, 1.82) is 0 Å². The maximum atomic E-state index is 11.7. The van der Waals surface area contributed by atoms with Gasteiger partial charge in [-0.15, -0.1) is 11.8 Å². The number of carbonyl (C=O) groups is 1. The zero-order chi connectivity index (χ0) is 11.6. The van der Waals surface area contributed by atoms with Crippen LogP contribution in [0.25, 0.3) is 0 Å². The lowest BCUT2D eigenvalue weighted by atomic mass is 9.91. The quantitative estimate of drug-likeness (QED) is 0.742. The van der Waals surface area contributed by atoms with Crippen LogP contribution >= 0.6 is 11.8 Å². The molecule has 1 amide bonds. The Kier molecular flexibility index (Phi) is 3.80. The summed E-state index contributed by atoms with van der Waals surface area (Å²) in [7, 11) is 0. The Morgan fingerprint density at radius 3 is 3.12 bits per heavy atom. The molecule has 0 spiro atoms. The first kappa shape index (κ1) is 12.2. The average molecular weight is 243 g/mol. The first-order chi connectivity index (χ1) is 7.67. The summed E-state index contributed by atoms with van der Waals surface area (Å²) in [5.74, 6) is 1.05. The predicted octanol–water partition coefficient (Wildman–Crippen LogP) is 0.804. The molecule has 2 aliphatic heterocycles. The van der Waals surface area contributed by atoms with E-state index >= 15 is 0 Å². The fraction of sp³-hybridized carbons (Fsp3) is 0.917.